The summed E-state index contributed by atoms with van der Waals surface area (Å²) in [6, 6.07) is 8.46. The van der Waals surface area contributed by atoms with E-state index >= 15 is 0 Å². The number of hydrogen-bond donors (Lipinski definition) is 1. The molecule has 0 heterocycles. The Balaban J connectivity index is 2.23. The second kappa shape index (κ2) is 6.43. The van der Waals surface area contributed by atoms with Crippen LogP contribution in [-0.2, 0) is 11.2 Å². The molecule has 0 spiro atoms. The molecule has 0 aromatic heterocycles. The zero-order valence-corrected chi connectivity index (χ0v) is 12.7. The fraction of sp³-hybridized carbons (Fsp3) is 0.611. The normalized spacial score (nSPS) is 17.7. The van der Waals surface area contributed by atoms with Gasteiger partial charge in [-0.25, -0.2) is 0 Å². The molecule has 1 N–H and O–H groups in total. The minimum Gasteiger partial charge on any atom is -0.481 e. The Labute approximate surface area is 122 Å². The predicted octanol–water partition coefficient (Wildman–Crippen LogP) is 4.78. The van der Waals surface area contributed by atoms with Gasteiger partial charge in [-0.05, 0) is 50.2 Å². The van der Waals surface area contributed by atoms with E-state index in [1.54, 1.807) is 0 Å². The maximum Gasteiger partial charge on any atom is 0.309 e. The van der Waals surface area contributed by atoms with Gasteiger partial charge in [0.15, 0.2) is 0 Å². The van der Waals surface area contributed by atoms with Crippen molar-refractivity contribution in [3.05, 3.63) is 35.4 Å². The summed E-state index contributed by atoms with van der Waals surface area (Å²) in [5, 5.41) is 9.35. The van der Waals surface area contributed by atoms with Crippen molar-refractivity contribution in [2.75, 3.05) is 0 Å². The first-order valence-electron chi connectivity index (χ1n) is 7.82. The van der Waals surface area contributed by atoms with Crippen LogP contribution in [-0.4, -0.2) is 11.1 Å². The summed E-state index contributed by atoms with van der Waals surface area (Å²) < 4.78 is 0. The molecule has 0 aliphatic heterocycles. The van der Waals surface area contributed by atoms with Crippen molar-refractivity contribution < 1.29 is 9.90 Å². The summed E-state index contributed by atoms with van der Waals surface area (Å²) in [4.78, 5) is 11.4. The van der Waals surface area contributed by atoms with Gasteiger partial charge in [-0.3, -0.25) is 4.79 Å². The minimum atomic E-state index is -0.715. The average Bonchev–Trinajstić information content (AvgIpc) is 2.67. The molecule has 0 radical (unpaired) electrons. The first-order chi connectivity index (χ1) is 9.50. The molecule has 110 valence electrons. The Morgan fingerprint density at radius 3 is 2.35 bits per heavy atom. The second-order valence-electron chi connectivity index (χ2n) is 6.75. The lowest BCUT2D eigenvalue weighted by Gasteiger charge is -2.24. The highest BCUT2D eigenvalue weighted by Crippen LogP contribution is 2.35. The Hall–Kier alpha value is -1.31. The van der Waals surface area contributed by atoms with Crippen molar-refractivity contribution in [2.24, 2.45) is 5.41 Å². The molecule has 1 aliphatic rings. The molecule has 1 fully saturated rings. The van der Waals surface area contributed by atoms with Crippen LogP contribution in [0.3, 0.4) is 0 Å². The molecule has 0 saturated heterocycles. The average molecular weight is 274 g/mol. The smallest absolute Gasteiger partial charge is 0.309 e. The fourth-order valence-corrected chi connectivity index (χ4v) is 3.24. The zero-order valence-electron chi connectivity index (χ0n) is 12.7. The monoisotopic (exact) mass is 274 g/mol. The molecule has 0 bridgehead atoms. The highest BCUT2D eigenvalue weighted by molar-refractivity contribution is 5.74. The van der Waals surface area contributed by atoms with E-state index in [0.29, 0.717) is 12.3 Å². The largest absolute Gasteiger partial charge is 0.481 e. The summed E-state index contributed by atoms with van der Waals surface area (Å²) in [6.07, 6.45) is 8.44. The third kappa shape index (κ3) is 3.62. The van der Waals surface area contributed by atoms with E-state index in [0.717, 1.165) is 0 Å². The number of aliphatic carboxylic acids is 1. The number of rotatable bonds is 4. The van der Waals surface area contributed by atoms with Crippen molar-refractivity contribution in [3.8, 4) is 0 Å². The van der Waals surface area contributed by atoms with Crippen molar-refractivity contribution in [3.63, 3.8) is 0 Å². The molecule has 20 heavy (non-hydrogen) atoms. The zero-order chi connectivity index (χ0) is 14.6. The Morgan fingerprint density at radius 1 is 1.15 bits per heavy atom. The topological polar surface area (TPSA) is 37.3 Å². The van der Waals surface area contributed by atoms with Crippen LogP contribution in [0.25, 0.3) is 0 Å². The molecule has 2 heteroatoms. The number of carboxylic acid groups (broad SMARTS) is 1. The van der Waals surface area contributed by atoms with Crippen LogP contribution in [0.15, 0.2) is 24.3 Å². The Morgan fingerprint density at radius 2 is 1.75 bits per heavy atom. The van der Waals surface area contributed by atoms with Gasteiger partial charge < -0.3 is 5.11 Å². The quantitative estimate of drug-likeness (QED) is 0.802. The van der Waals surface area contributed by atoms with Crippen LogP contribution in [0.2, 0.25) is 0 Å². The van der Waals surface area contributed by atoms with Gasteiger partial charge in [0.1, 0.15) is 0 Å². The van der Waals surface area contributed by atoms with Crippen molar-refractivity contribution in [1.82, 2.24) is 0 Å². The van der Waals surface area contributed by atoms with Crippen LogP contribution >= 0.6 is 0 Å². The van der Waals surface area contributed by atoms with Gasteiger partial charge in [-0.1, -0.05) is 49.9 Å². The van der Waals surface area contributed by atoms with E-state index in [1.807, 2.05) is 19.9 Å². The first kappa shape index (κ1) is 15.1. The van der Waals surface area contributed by atoms with E-state index in [-0.39, 0.29) is 0 Å². The first-order valence-corrected chi connectivity index (χ1v) is 7.82. The van der Waals surface area contributed by atoms with Crippen LogP contribution in [0, 0.1) is 5.41 Å². The molecule has 0 atom stereocenters. The van der Waals surface area contributed by atoms with E-state index in [2.05, 4.69) is 18.2 Å². The van der Waals surface area contributed by atoms with E-state index in [1.165, 1.54) is 49.7 Å². The maximum atomic E-state index is 11.4. The van der Waals surface area contributed by atoms with E-state index < -0.39 is 11.4 Å². The molecular formula is C18H26O2. The lowest BCUT2D eigenvalue weighted by atomic mass is 9.80. The van der Waals surface area contributed by atoms with Gasteiger partial charge in [0.25, 0.3) is 0 Å². The lowest BCUT2D eigenvalue weighted by molar-refractivity contribution is -0.146. The molecule has 1 aromatic carbocycles. The number of carbonyl (C=O) groups is 1. The van der Waals surface area contributed by atoms with Gasteiger partial charge in [0.2, 0.25) is 0 Å². The summed E-state index contributed by atoms with van der Waals surface area (Å²) in [5.74, 6) is -0.0912. The molecular weight excluding hydrogens is 248 g/mol. The molecule has 2 rings (SSSR count). The molecule has 2 nitrogen and oxygen atoms in total. The molecule has 0 unspecified atom stereocenters. The number of benzene rings is 1. The summed E-state index contributed by atoms with van der Waals surface area (Å²) in [6.45, 7) is 3.64. The van der Waals surface area contributed by atoms with Crippen LogP contribution < -0.4 is 0 Å². The van der Waals surface area contributed by atoms with E-state index in [9.17, 15) is 9.90 Å². The minimum absolute atomic E-state index is 0.620. The molecule has 1 aromatic rings. The van der Waals surface area contributed by atoms with Crippen molar-refractivity contribution in [2.45, 2.75) is 64.7 Å². The molecule has 1 aliphatic carbocycles. The third-order valence-electron chi connectivity index (χ3n) is 4.56. The standard InChI is InChI=1S/C18H26O2/c1-18(2,17(19)20)13-15-11-7-8-12-16(15)14-9-5-3-4-6-10-14/h7-8,11-12,14H,3-6,9-10,13H2,1-2H3,(H,19,20). The molecule has 1 saturated carbocycles. The SMILES string of the molecule is CC(C)(Cc1ccccc1C1CCCCCC1)C(=O)O. The highest BCUT2D eigenvalue weighted by Gasteiger charge is 2.29. The second-order valence-corrected chi connectivity index (χ2v) is 6.75. The van der Waals surface area contributed by atoms with Gasteiger partial charge in [0.05, 0.1) is 5.41 Å². The fourth-order valence-electron chi connectivity index (χ4n) is 3.24. The Kier molecular flexibility index (Phi) is 4.85. The van der Waals surface area contributed by atoms with Crippen LogP contribution in [0.5, 0.6) is 0 Å². The number of carboxylic acids is 1. The predicted molar refractivity (Wildman–Crippen MR) is 82.0 cm³/mol. The van der Waals surface area contributed by atoms with Gasteiger partial charge in [-0.15, -0.1) is 0 Å². The summed E-state index contributed by atoms with van der Waals surface area (Å²) >= 11 is 0. The number of hydrogen-bond acceptors (Lipinski definition) is 1. The summed E-state index contributed by atoms with van der Waals surface area (Å²) in [7, 11) is 0. The highest BCUT2D eigenvalue weighted by atomic mass is 16.4. The molecule has 0 amide bonds. The van der Waals surface area contributed by atoms with Crippen molar-refractivity contribution >= 4 is 5.97 Å². The third-order valence-corrected chi connectivity index (χ3v) is 4.56. The van der Waals surface area contributed by atoms with Gasteiger partial charge >= 0.3 is 5.97 Å². The van der Waals surface area contributed by atoms with Crippen molar-refractivity contribution in [1.29, 1.82) is 0 Å². The van der Waals surface area contributed by atoms with Crippen LogP contribution in [0.4, 0.5) is 0 Å². The van der Waals surface area contributed by atoms with Crippen LogP contribution in [0.1, 0.15) is 69.4 Å². The van der Waals surface area contributed by atoms with Gasteiger partial charge in [-0.2, -0.15) is 0 Å². The van der Waals surface area contributed by atoms with E-state index in [4.69, 9.17) is 0 Å². The summed E-state index contributed by atoms with van der Waals surface area (Å²) in [5.41, 5.74) is 1.93. The Bertz CT molecular complexity index is 454. The maximum absolute atomic E-state index is 11.4. The van der Waals surface area contributed by atoms with Gasteiger partial charge in [0, 0.05) is 0 Å². The lowest BCUT2D eigenvalue weighted by Crippen LogP contribution is -2.26.